The standard InChI is InChI=1S/C25H30N6O3S/c1-3-4-12-30-24(33)23-19(11-17-35-23)31-21(26-27-25(30)31)9-10-22(32)29-15-13-28(14-16-29)18-7-5-6-8-20(18)34-2/h5-8,11,17H,3-4,9-10,12-16H2,1-2H3. The van der Waals surface area contributed by atoms with E-state index in [2.05, 4.69) is 28.1 Å². The Hall–Kier alpha value is -3.40. The summed E-state index contributed by atoms with van der Waals surface area (Å²) in [7, 11) is 1.68. The van der Waals surface area contributed by atoms with Crippen LogP contribution in [0.25, 0.3) is 16.0 Å². The zero-order valence-electron chi connectivity index (χ0n) is 20.1. The molecule has 0 saturated carbocycles. The highest BCUT2D eigenvalue weighted by atomic mass is 32.1. The molecule has 1 aliphatic rings. The Morgan fingerprint density at radius 3 is 2.69 bits per heavy atom. The molecule has 4 heterocycles. The summed E-state index contributed by atoms with van der Waals surface area (Å²) in [6, 6.07) is 9.91. The van der Waals surface area contributed by atoms with Crippen LogP contribution in [-0.2, 0) is 17.8 Å². The number of fused-ring (bicyclic) bond motifs is 3. The van der Waals surface area contributed by atoms with Crippen LogP contribution in [0.4, 0.5) is 5.69 Å². The van der Waals surface area contributed by atoms with Gasteiger partial charge in [-0.2, -0.15) is 0 Å². The van der Waals surface area contributed by atoms with Crippen LogP contribution >= 0.6 is 11.3 Å². The van der Waals surface area contributed by atoms with Crippen molar-refractivity contribution in [3.63, 3.8) is 0 Å². The number of carbonyl (C=O) groups excluding carboxylic acids is 1. The predicted molar refractivity (Wildman–Crippen MR) is 138 cm³/mol. The molecule has 4 aromatic rings. The minimum Gasteiger partial charge on any atom is -0.495 e. The van der Waals surface area contributed by atoms with Crippen molar-refractivity contribution < 1.29 is 9.53 Å². The Bertz CT molecular complexity index is 1400. The number of ether oxygens (including phenoxy) is 1. The molecule has 184 valence electrons. The first-order chi connectivity index (χ1) is 17.1. The Balaban J connectivity index is 1.29. The molecule has 1 aliphatic heterocycles. The summed E-state index contributed by atoms with van der Waals surface area (Å²) in [6.07, 6.45) is 2.72. The van der Waals surface area contributed by atoms with Crippen molar-refractivity contribution in [1.82, 2.24) is 24.1 Å². The van der Waals surface area contributed by atoms with Gasteiger partial charge in [0.15, 0.2) is 0 Å². The Labute approximate surface area is 207 Å². The number of benzene rings is 1. The van der Waals surface area contributed by atoms with E-state index in [9.17, 15) is 9.59 Å². The molecule has 0 N–H and O–H groups in total. The van der Waals surface area contributed by atoms with Crippen LogP contribution in [-0.4, -0.2) is 63.3 Å². The van der Waals surface area contributed by atoms with Gasteiger partial charge in [-0.3, -0.25) is 18.6 Å². The van der Waals surface area contributed by atoms with Crippen LogP contribution in [0, 0.1) is 0 Å². The molecule has 0 bridgehead atoms. The van der Waals surface area contributed by atoms with Gasteiger partial charge >= 0.3 is 0 Å². The predicted octanol–water partition coefficient (Wildman–Crippen LogP) is 3.20. The number of piperazine rings is 1. The number of unbranched alkanes of at least 4 members (excludes halogenated alkanes) is 1. The second-order valence-corrected chi connectivity index (χ2v) is 9.65. The maximum atomic E-state index is 13.0. The molecule has 1 saturated heterocycles. The second kappa shape index (κ2) is 10.1. The first-order valence-corrected chi connectivity index (χ1v) is 13.0. The zero-order chi connectivity index (χ0) is 24.4. The molecular weight excluding hydrogens is 464 g/mol. The molecule has 9 nitrogen and oxygen atoms in total. The minimum atomic E-state index is -0.0149. The number of anilines is 1. The number of methoxy groups -OCH3 is 1. The van der Waals surface area contributed by atoms with Crippen molar-refractivity contribution in [3.8, 4) is 5.75 Å². The summed E-state index contributed by atoms with van der Waals surface area (Å²) < 4.78 is 9.87. The van der Waals surface area contributed by atoms with Gasteiger partial charge in [-0.15, -0.1) is 21.5 Å². The summed E-state index contributed by atoms with van der Waals surface area (Å²) in [5.74, 6) is 2.24. The number of rotatable bonds is 8. The third-order valence-corrected chi connectivity index (χ3v) is 7.53. The molecule has 0 unspecified atom stereocenters. The average Bonchev–Trinajstić information content (AvgIpc) is 3.55. The molecule has 0 atom stereocenters. The number of thiophene rings is 1. The molecule has 10 heteroatoms. The van der Waals surface area contributed by atoms with Gasteiger partial charge in [0.1, 0.15) is 16.3 Å². The van der Waals surface area contributed by atoms with Crippen LogP contribution in [0.3, 0.4) is 0 Å². The van der Waals surface area contributed by atoms with Crippen LogP contribution in [0.1, 0.15) is 32.0 Å². The lowest BCUT2D eigenvalue weighted by Gasteiger charge is -2.36. The molecule has 35 heavy (non-hydrogen) atoms. The Morgan fingerprint density at radius 1 is 1.11 bits per heavy atom. The maximum Gasteiger partial charge on any atom is 0.272 e. The van der Waals surface area contributed by atoms with E-state index >= 15 is 0 Å². The van der Waals surface area contributed by atoms with Gasteiger partial charge in [0.05, 0.1) is 18.3 Å². The summed E-state index contributed by atoms with van der Waals surface area (Å²) in [5, 5.41) is 10.7. The van der Waals surface area contributed by atoms with Crippen LogP contribution in [0.5, 0.6) is 5.75 Å². The highest BCUT2D eigenvalue weighted by molar-refractivity contribution is 7.17. The third-order valence-electron chi connectivity index (χ3n) is 6.64. The van der Waals surface area contributed by atoms with Crippen molar-refractivity contribution >= 4 is 38.9 Å². The molecule has 3 aromatic heterocycles. The van der Waals surface area contributed by atoms with Gasteiger partial charge in [0, 0.05) is 45.6 Å². The van der Waals surface area contributed by atoms with Crippen LogP contribution in [0.2, 0.25) is 0 Å². The van der Waals surface area contributed by atoms with Gasteiger partial charge in [-0.05, 0) is 30.0 Å². The van der Waals surface area contributed by atoms with Crippen molar-refractivity contribution in [2.24, 2.45) is 0 Å². The first kappa shape index (κ1) is 23.3. The van der Waals surface area contributed by atoms with Gasteiger partial charge in [0.25, 0.3) is 5.56 Å². The number of para-hydroxylation sites is 2. The number of amides is 1. The van der Waals surface area contributed by atoms with Gasteiger partial charge in [0.2, 0.25) is 11.7 Å². The van der Waals surface area contributed by atoms with Crippen molar-refractivity contribution in [3.05, 3.63) is 51.9 Å². The first-order valence-electron chi connectivity index (χ1n) is 12.1. The van der Waals surface area contributed by atoms with E-state index in [-0.39, 0.29) is 11.5 Å². The molecule has 1 fully saturated rings. The topological polar surface area (TPSA) is 85.0 Å². The Kier molecular flexibility index (Phi) is 6.72. The minimum absolute atomic E-state index is 0.0149. The van der Waals surface area contributed by atoms with Gasteiger partial charge < -0.3 is 14.5 Å². The second-order valence-electron chi connectivity index (χ2n) is 8.74. The normalized spacial score (nSPS) is 14.2. The monoisotopic (exact) mass is 494 g/mol. The third kappa shape index (κ3) is 4.38. The van der Waals surface area contributed by atoms with Crippen molar-refractivity contribution in [1.29, 1.82) is 0 Å². The van der Waals surface area contributed by atoms with E-state index in [1.54, 1.807) is 11.7 Å². The lowest BCUT2D eigenvalue weighted by atomic mass is 10.2. The van der Waals surface area contributed by atoms with Crippen LogP contribution in [0.15, 0.2) is 40.5 Å². The van der Waals surface area contributed by atoms with E-state index < -0.39 is 0 Å². The lowest BCUT2D eigenvalue weighted by Crippen LogP contribution is -2.49. The highest BCUT2D eigenvalue weighted by Crippen LogP contribution is 2.28. The molecule has 5 rings (SSSR count). The zero-order valence-corrected chi connectivity index (χ0v) is 21.0. The van der Waals surface area contributed by atoms with E-state index in [0.717, 1.165) is 48.7 Å². The van der Waals surface area contributed by atoms with Crippen LogP contribution < -0.4 is 15.2 Å². The largest absolute Gasteiger partial charge is 0.495 e. The van der Waals surface area contributed by atoms with E-state index in [0.29, 0.717) is 43.0 Å². The maximum absolute atomic E-state index is 13.0. The number of nitrogens with zero attached hydrogens (tertiary/aromatic N) is 6. The lowest BCUT2D eigenvalue weighted by molar-refractivity contribution is -0.131. The molecular formula is C25H30N6O3S. The van der Waals surface area contributed by atoms with Crippen molar-refractivity contribution in [2.75, 3.05) is 38.2 Å². The number of aromatic nitrogens is 4. The fraction of sp³-hybridized carbons (Fsp3) is 0.440. The summed E-state index contributed by atoms with van der Waals surface area (Å²) >= 11 is 1.44. The number of aryl methyl sites for hydroxylation is 2. The highest BCUT2D eigenvalue weighted by Gasteiger charge is 2.24. The number of hydrogen-bond donors (Lipinski definition) is 0. The molecule has 0 radical (unpaired) electrons. The number of hydrogen-bond acceptors (Lipinski definition) is 7. The summed E-state index contributed by atoms with van der Waals surface area (Å²) in [4.78, 5) is 30.2. The number of carbonyl (C=O) groups is 1. The SMILES string of the molecule is CCCCn1c(=O)c2sccc2n2c(CCC(=O)N3CCN(c4ccccc4OC)CC3)nnc12. The molecule has 0 aliphatic carbocycles. The Morgan fingerprint density at radius 2 is 1.91 bits per heavy atom. The van der Waals surface area contributed by atoms with E-state index in [1.165, 1.54) is 11.3 Å². The smallest absolute Gasteiger partial charge is 0.272 e. The molecule has 0 spiro atoms. The van der Waals surface area contributed by atoms with E-state index in [1.807, 2.05) is 38.9 Å². The van der Waals surface area contributed by atoms with Gasteiger partial charge in [-0.25, -0.2) is 0 Å². The average molecular weight is 495 g/mol. The molecule has 1 amide bonds. The summed E-state index contributed by atoms with van der Waals surface area (Å²) in [5.41, 5.74) is 1.87. The van der Waals surface area contributed by atoms with Crippen molar-refractivity contribution in [2.45, 2.75) is 39.2 Å². The van der Waals surface area contributed by atoms with E-state index in [4.69, 9.17) is 4.74 Å². The molecule has 1 aromatic carbocycles. The fourth-order valence-corrected chi connectivity index (χ4v) is 5.55. The van der Waals surface area contributed by atoms with Gasteiger partial charge in [-0.1, -0.05) is 25.5 Å². The summed E-state index contributed by atoms with van der Waals surface area (Å²) in [6.45, 7) is 5.58. The quantitative estimate of drug-likeness (QED) is 0.374. The fourth-order valence-electron chi connectivity index (χ4n) is 4.73.